The SMILES string of the molecule is CC/C=C\C/C=C\C/C=C\C/C=C\CCCCCCCCCOCC(COC(=O)CCCCCC/C=C\C/C=C\C/C=C\C/C=C\CC)OC(=O)CCCCCCC/C=C\C/C=C\CCC. The Labute approximate surface area is 407 Å². The van der Waals surface area contributed by atoms with Crippen molar-refractivity contribution in [1.29, 1.82) is 0 Å². The predicted molar refractivity (Wildman–Crippen MR) is 288 cm³/mol. The minimum Gasteiger partial charge on any atom is -0.462 e. The van der Waals surface area contributed by atoms with Crippen molar-refractivity contribution in [3.05, 3.63) is 122 Å². The minimum atomic E-state index is -0.568. The van der Waals surface area contributed by atoms with E-state index in [-0.39, 0.29) is 25.2 Å². The molecule has 0 rings (SSSR count). The smallest absolute Gasteiger partial charge is 0.306 e. The largest absolute Gasteiger partial charge is 0.462 e. The second kappa shape index (κ2) is 55.6. The fourth-order valence-electron chi connectivity index (χ4n) is 7.00. The molecule has 0 aliphatic heterocycles. The summed E-state index contributed by atoms with van der Waals surface area (Å²) in [5, 5.41) is 0. The van der Waals surface area contributed by atoms with Crippen molar-refractivity contribution in [2.75, 3.05) is 19.8 Å². The number of ether oxygens (including phenoxy) is 3. The summed E-state index contributed by atoms with van der Waals surface area (Å²) in [5.74, 6) is -0.454. The summed E-state index contributed by atoms with van der Waals surface area (Å²) in [7, 11) is 0. The maximum Gasteiger partial charge on any atom is 0.306 e. The molecule has 0 fully saturated rings. The number of hydrogen-bond donors (Lipinski definition) is 0. The molecule has 0 aliphatic carbocycles. The van der Waals surface area contributed by atoms with Crippen LogP contribution >= 0.6 is 0 Å². The van der Waals surface area contributed by atoms with Crippen LogP contribution in [0.1, 0.15) is 226 Å². The Hall–Kier alpha value is -3.70. The first-order valence-corrected chi connectivity index (χ1v) is 27.1. The van der Waals surface area contributed by atoms with Crippen LogP contribution in [0.2, 0.25) is 0 Å². The molecule has 0 aromatic heterocycles. The average molecular weight is 913 g/mol. The second-order valence-corrected chi connectivity index (χ2v) is 17.4. The zero-order chi connectivity index (χ0) is 47.7. The number of allylic oxidation sites excluding steroid dienone is 20. The lowest BCUT2D eigenvalue weighted by Crippen LogP contribution is -2.30. The summed E-state index contributed by atoms with van der Waals surface area (Å²) in [6.07, 6.45) is 77.8. The van der Waals surface area contributed by atoms with Gasteiger partial charge >= 0.3 is 11.9 Å². The number of hydrogen-bond acceptors (Lipinski definition) is 5. The summed E-state index contributed by atoms with van der Waals surface area (Å²) in [4.78, 5) is 25.4. The topological polar surface area (TPSA) is 61.8 Å². The molecule has 0 saturated heterocycles. The molecule has 5 heteroatoms. The molecule has 0 aliphatic rings. The Morgan fingerprint density at radius 1 is 0.348 bits per heavy atom. The van der Waals surface area contributed by atoms with Crippen LogP contribution in [0.25, 0.3) is 0 Å². The van der Waals surface area contributed by atoms with Crippen molar-refractivity contribution in [1.82, 2.24) is 0 Å². The number of carbonyl (C=O) groups is 2. The van der Waals surface area contributed by atoms with E-state index >= 15 is 0 Å². The van der Waals surface area contributed by atoms with Crippen molar-refractivity contribution in [2.24, 2.45) is 0 Å². The second-order valence-electron chi connectivity index (χ2n) is 17.4. The summed E-state index contributed by atoms with van der Waals surface area (Å²) < 4.78 is 17.4. The van der Waals surface area contributed by atoms with Gasteiger partial charge in [0.15, 0.2) is 6.10 Å². The van der Waals surface area contributed by atoms with Crippen LogP contribution in [-0.2, 0) is 23.8 Å². The molecule has 0 aromatic rings. The van der Waals surface area contributed by atoms with Crippen molar-refractivity contribution < 1.29 is 23.8 Å². The first kappa shape index (κ1) is 62.3. The molecule has 0 spiro atoms. The Bertz CT molecular complexity index is 1350. The van der Waals surface area contributed by atoms with E-state index in [2.05, 4.69) is 142 Å². The fourth-order valence-corrected chi connectivity index (χ4v) is 7.00. The number of esters is 2. The van der Waals surface area contributed by atoms with E-state index in [1.54, 1.807) is 0 Å². The first-order valence-electron chi connectivity index (χ1n) is 27.1. The molecule has 0 heterocycles. The Kier molecular flexibility index (Phi) is 52.5. The highest BCUT2D eigenvalue weighted by atomic mass is 16.6. The Morgan fingerprint density at radius 3 is 1.09 bits per heavy atom. The van der Waals surface area contributed by atoms with Crippen LogP contribution in [0.5, 0.6) is 0 Å². The van der Waals surface area contributed by atoms with Gasteiger partial charge in [0.25, 0.3) is 0 Å². The summed E-state index contributed by atoms with van der Waals surface area (Å²) >= 11 is 0. The van der Waals surface area contributed by atoms with Crippen LogP contribution in [0.3, 0.4) is 0 Å². The van der Waals surface area contributed by atoms with Gasteiger partial charge in [-0.15, -0.1) is 0 Å². The van der Waals surface area contributed by atoms with Crippen molar-refractivity contribution in [2.45, 2.75) is 232 Å². The zero-order valence-electron chi connectivity index (χ0n) is 42.9. The van der Waals surface area contributed by atoms with E-state index in [0.717, 1.165) is 141 Å². The van der Waals surface area contributed by atoms with E-state index in [1.807, 2.05) is 0 Å². The highest BCUT2D eigenvalue weighted by Crippen LogP contribution is 2.13. The Morgan fingerprint density at radius 2 is 0.682 bits per heavy atom. The summed E-state index contributed by atoms with van der Waals surface area (Å²) in [6, 6.07) is 0. The van der Waals surface area contributed by atoms with Gasteiger partial charge in [-0.3, -0.25) is 9.59 Å². The fraction of sp³-hybridized carbons (Fsp3) is 0.639. The van der Waals surface area contributed by atoms with Crippen LogP contribution < -0.4 is 0 Å². The van der Waals surface area contributed by atoms with Gasteiger partial charge < -0.3 is 14.2 Å². The summed E-state index contributed by atoms with van der Waals surface area (Å²) in [5.41, 5.74) is 0. The van der Waals surface area contributed by atoms with Crippen LogP contribution in [0, 0.1) is 0 Å². The van der Waals surface area contributed by atoms with Crippen LogP contribution in [0.15, 0.2) is 122 Å². The maximum absolute atomic E-state index is 12.8. The van der Waals surface area contributed by atoms with E-state index in [0.29, 0.717) is 19.4 Å². The number of carbonyl (C=O) groups excluding carboxylic acids is 2. The molecule has 0 aromatic carbocycles. The van der Waals surface area contributed by atoms with E-state index in [1.165, 1.54) is 51.4 Å². The lowest BCUT2D eigenvalue weighted by Gasteiger charge is -2.18. The third-order valence-corrected chi connectivity index (χ3v) is 10.9. The molecule has 0 radical (unpaired) electrons. The third kappa shape index (κ3) is 52.9. The average Bonchev–Trinajstić information content (AvgIpc) is 3.32. The molecule has 0 saturated carbocycles. The monoisotopic (exact) mass is 913 g/mol. The highest BCUT2D eigenvalue weighted by Gasteiger charge is 2.17. The molecule has 0 N–H and O–H groups in total. The van der Waals surface area contributed by atoms with Crippen LogP contribution in [-0.4, -0.2) is 37.9 Å². The molecule has 0 amide bonds. The van der Waals surface area contributed by atoms with Crippen molar-refractivity contribution in [3.63, 3.8) is 0 Å². The van der Waals surface area contributed by atoms with Gasteiger partial charge in [0.05, 0.1) is 6.61 Å². The van der Waals surface area contributed by atoms with Gasteiger partial charge in [0, 0.05) is 19.4 Å². The number of rotatable bonds is 48. The molecule has 1 unspecified atom stereocenters. The number of unbranched alkanes of at least 4 members (excludes halogenated alkanes) is 17. The zero-order valence-corrected chi connectivity index (χ0v) is 42.9. The third-order valence-electron chi connectivity index (χ3n) is 10.9. The molecular weight excluding hydrogens is 813 g/mol. The standard InChI is InChI=1S/C61H100O5/c1-4-7-10-13-16-19-22-25-27-29-30-31-33-35-38-41-44-47-50-53-56-64-57-59(66-61(63)55-52-49-46-43-40-36-24-21-18-15-12-9-6-3)58-65-60(62)54-51-48-45-42-39-37-34-32-28-26-23-20-17-14-11-8-5-2/h7-8,10-12,15-17,19-21,24-28,30-31,34,37,59H,4-6,9,13-14,18,22-23,29,32-33,35-36,38-58H2,1-3H3/b10-7-,11-8-,15-12-,19-16-,20-17-,24-21-,27-25-,28-26-,31-30-,37-34-. The van der Waals surface area contributed by atoms with Crippen LogP contribution in [0.4, 0.5) is 0 Å². The molecule has 5 nitrogen and oxygen atoms in total. The van der Waals surface area contributed by atoms with Gasteiger partial charge in [-0.05, 0) is 122 Å². The van der Waals surface area contributed by atoms with Gasteiger partial charge in [-0.2, -0.15) is 0 Å². The van der Waals surface area contributed by atoms with Gasteiger partial charge in [-0.1, -0.05) is 213 Å². The van der Waals surface area contributed by atoms with Gasteiger partial charge in [0.2, 0.25) is 0 Å². The van der Waals surface area contributed by atoms with Crippen molar-refractivity contribution in [3.8, 4) is 0 Å². The lowest BCUT2D eigenvalue weighted by molar-refractivity contribution is -0.163. The molecule has 1 atom stereocenters. The molecule has 0 bridgehead atoms. The van der Waals surface area contributed by atoms with E-state index in [9.17, 15) is 9.59 Å². The maximum atomic E-state index is 12.8. The first-order chi connectivity index (χ1) is 32.6. The quantitative estimate of drug-likeness (QED) is 0.0346. The van der Waals surface area contributed by atoms with Crippen molar-refractivity contribution >= 4 is 11.9 Å². The normalized spacial score (nSPS) is 13.2. The van der Waals surface area contributed by atoms with E-state index in [4.69, 9.17) is 14.2 Å². The minimum absolute atomic E-state index is 0.0548. The molecule has 374 valence electrons. The molecular formula is C61H100O5. The lowest BCUT2D eigenvalue weighted by atomic mass is 10.1. The van der Waals surface area contributed by atoms with Gasteiger partial charge in [0.1, 0.15) is 6.61 Å². The van der Waals surface area contributed by atoms with E-state index < -0.39 is 6.10 Å². The highest BCUT2D eigenvalue weighted by molar-refractivity contribution is 5.70. The Balaban J connectivity index is 4.36. The van der Waals surface area contributed by atoms with Gasteiger partial charge in [-0.25, -0.2) is 0 Å². The molecule has 66 heavy (non-hydrogen) atoms. The predicted octanol–water partition coefficient (Wildman–Crippen LogP) is 18.6. The summed E-state index contributed by atoms with van der Waals surface area (Å²) in [6.45, 7) is 7.46.